The van der Waals surface area contributed by atoms with Gasteiger partial charge in [0.05, 0.1) is 0 Å². The fourth-order valence-electron chi connectivity index (χ4n) is 3.50. The smallest absolute Gasteiger partial charge is 0.366 e. The molecule has 2 fully saturated rings. The van der Waals surface area contributed by atoms with Gasteiger partial charge in [0.15, 0.2) is 5.69 Å². The van der Waals surface area contributed by atoms with Crippen molar-refractivity contribution in [3.63, 3.8) is 0 Å². The minimum Gasteiger partial charge on any atom is -0.366 e. The summed E-state index contributed by atoms with van der Waals surface area (Å²) in [5.74, 6) is 0.427. The van der Waals surface area contributed by atoms with Gasteiger partial charge in [0.25, 0.3) is 0 Å². The van der Waals surface area contributed by atoms with Crippen molar-refractivity contribution in [2.75, 3.05) is 12.4 Å². The predicted molar refractivity (Wildman–Crippen MR) is 72.9 cm³/mol. The van der Waals surface area contributed by atoms with Crippen LogP contribution >= 0.6 is 0 Å². The van der Waals surface area contributed by atoms with E-state index in [4.69, 9.17) is 0 Å². The Hall–Kier alpha value is -1.37. The molecule has 0 saturated carbocycles. The van der Waals surface area contributed by atoms with Crippen molar-refractivity contribution >= 4 is 5.82 Å². The standard InChI is InChI=1S/C14H19F3N4/c1-21-10-3-2-4-11(21)8-9(7-10)18-13-6-5-12(19-20-13)14(15,16)17/h5-6,9-11H,2-4,7-8H2,1H3,(H,18,20). The van der Waals surface area contributed by atoms with Crippen LogP contribution in [-0.2, 0) is 6.18 Å². The lowest BCUT2D eigenvalue weighted by molar-refractivity contribution is -0.141. The molecule has 0 aromatic carbocycles. The number of anilines is 1. The van der Waals surface area contributed by atoms with Gasteiger partial charge in [-0.1, -0.05) is 6.42 Å². The van der Waals surface area contributed by atoms with Gasteiger partial charge < -0.3 is 10.2 Å². The molecule has 0 amide bonds. The Kier molecular flexibility index (Phi) is 3.77. The maximum absolute atomic E-state index is 12.4. The topological polar surface area (TPSA) is 41.0 Å². The van der Waals surface area contributed by atoms with Crippen LogP contribution in [0.5, 0.6) is 0 Å². The molecule has 2 saturated heterocycles. The lowest BCUT2D eigenvalue weighted by Crippen LogP contribution is -2.52. The maximum Gasteiger partial charge on any atom is 0.435 e. The zero-order valence-electron chi connectivity index (χ0n) is 11.9. The van der Waals surface area contributed by atoms with Gasteiger partial charge in [0.2, 0.25) is 0 Å². The van der Waals surface area contributed by atoms with Gasteiger partial charge >= 0.3 is 6.18 Å². The monoisotopic (exact) mass is 300 g/mol. The highest BCUT2D eigenvalue weighted by molar-refractivity contribution is 5.35. The summed E-state index contributed by atoms with van der Waals surface area (Å²) in [5.41, 5.74) is -0.951. The van der Waals surface area contributed by atoms with Crippen molar-refractivity contribution < 1.29 is 13.2 Å². The van der Waals surface area contributed by atoms with Crippen molar-refractivity contribution in [2.45, 2.75) is 56.4 Å². The fourth-order valence-corrected chi connectivity index (χ4v) is 3.50. The Morgan fingerprint density at radius 1 is 1.14 bits per heavy atom. The van der Waals surface area contributed by atoms with Gasteiger partial charge in [-0.15, -0.1) is 10.2 Å². The normalized spacial score (nSPS) is 30.2. The van der Waals surface area contributed by atoms with Crippen LogP contribution in [0.3, 0.4) is 0 Å². The van der Waals surface area contributed by atoms with Gasteiger partial charge in [-0.3, -0.25) is 0 Å². The van der Waals surface area contributed by atoms with E-state index < -0.39 is 11.9 Å². The summed E-state index contributed by atoms with van der Waals surface area (Å²) >= 11 is 0. The van der Waals surface area contributed by atoms with Crippen LogP contribution in [0.2, 0.25) is 0 Å². The summed E-state index contributed by atoms with van der Waals surface area (Å²) < 4.78 is 37.3. The summed E-state index contributed by atoms with van der Waals surface area (Å²) in [6, 6.07) is 3.74. The molecule has 2 bridgehead atoms. The number of hydrogen-bond acceptors (Lipinski definition) is 4. The summed E-state index contributed by atoms with van der Waals surface area (Å²) in [5, 5.41) is 10.2. The molecule has 1 N–H and O–H groups in total. The number of halogens is 3. The van der Waals surface area contributed by atoms with Gasteiger partial charge in [-0.05, 0) is 44.9 Å². The van der Waals surface area contributed by atoms with Crippen LogP contribution in [0.4, 0.5) is 19.0 Å². The second-order valence-electron chi connectivity index (χ2n) is 6.02. The van der Waals surface area contributed by atoms with Crippen LogP contribution in [-0.4, -0.2) is 40.3 Å². The average Bonchev–Trinajstić information content (AvgIpc) is 2.39. The number of alkyl halides is 3. The first-order valence-corrected chi connectivity index (χ1v) is 7.33. The minimum atomic E-state index is -4.43. The van der Waals surface area contributed by atoms with E-state index in [0.29, 0.717) is 17.9 Å². The Morgan fingerprint density at radius 2 is 1.81 bits per heavy atom. The third-order valence-corrected chi connectivity index (χ3v) is 4.65. The van der Waals surface area contributed by atoms with E-state index in [1.165, 1.54) is 25.3 Å². The van der Waals surface area contributed by atoms with Crippen molar-refractivity contribution in [3.05, 3.63) is 17.8 Å². The zero-order chi connectivity index (χ0) is 15.0. The number of hydrogen-bond donors (Lipinski definition) is 1. The first-order valence-electron chi connectivity index (χ1n) is 7.33. The van der Waals surface area contributed by atoms with E-state index in [-0.39, 0.29) is 6.04 Å². The van der Waals surface area contributed by atoms with Crippen molar-refractivity contribution in [3.8, 4) is 0 Å². The number of aromatic nitrogens is 2. The van der Waals surface area contributed by atoms with Crippen molar-refractivity contribution in [1.82, 2.24) is 15.1 Å². The molecule has 3 heterocycles. The molecule has 1 aromatic rings. The van der Waals surface area contributed by atoms with E-state index in [0.717, 1.165) is 18.9 Å². The average molecular weight is 300 g/mol. The molecule has 3 rings (SSSR count). The zero-order valence-corrected chi connectivity index (χ0v) is 11.9. The van der Waals surface area contributed by atoms with Gasteiger partial charge in [-0.25, -0.2) is 0 Å². The minimum absolute atomic E-state index is 0.266. The highest BCUT2D eigenvalue weighted by Gasteiger charge is 2.36. The summed E-state index contributed by atoms with van der Waals surface area (Å²) in [6.45, 7) is 0. The summed E-state index contributed by atoms with van der Waals surface area (Å²) in [4.78, 5) is 2.44. The second kappa shape index (κ2) is 5.44. The number of rotatable bonds is 2. The molecule has 21 heavy (non-hydrogen) atoms. The Bertz CT molecular complexity index is 474. The third kappa shape index (κ3) is 3.12. The molecule has 2 aliphatic heterocycles. The lowest BCUT2D eigenvalue weighted by atomic mass is 9.82. The quantitative estimate of drug-likeness (QED) is 0.912. The molecule has 116 valence electrons. The van der Waals surface area contributed by atoms with Crippen LogP contribution < -0.4 is 5.32 Å². The number of nitrogens with one attached hydrogen (secondary N) is 1. The molecule has 2 aliphatic rings. The molecule has 0 radical (unpaired) electrons. The largest absolute Gasteiger partial charge is 0.435 e. The maximum atomic E-state index is 12.4. The van der Waals surface area contributed by atoms with Gasteiger partial charge in [-0.2, -0.15) is 13.2 Å². The highest BCUT2D eigenvalue weighted by atomic mass is 19.4. The lowest BCUT2D eigenvalue weighted by Gasteiger charge is -2.47. The third-order valence-electron chi connectivity index (χ3n) is 4.65. The highest BCUT2D eigenvalue weighted by Crippen LogP contribution is 2.34. The van der Waals surface area contributed by atoms with Crippen molar-refractivity contribution in [2.24, 2.45) is 0 Å². The van der Waals surface area contributed by atoms with E-state index in [1.54, 1.807) is 0 Å². The van der Waals surface area contributed by atoms with E-state index in [9.17, 15) is 13.2 Å². The Morgan fingerprint density at radius 3 is 2.33 bits per heavy atom. The Labute approximate surface area is 121 Å². The summed E-state index contributed by atoms with van der Waals surface area (Å²) in [6.07, 6.45) is 1.25. The van der Waals surface area contributed by atoms with Crippen LogP contribution in [0.1, 0.15) is 37.8 Å². The molecular weight excluding hydrogens is 281 g/mol. The molecule has 1 aromatic heterocycles. The fraction of sp³-hybridized carbons (Fsp3) is 0.714. The van der Waals surface area contributed by atoms with Gasteiger partial charge in [0.1, 0.15) is 5.82 Å². The van der Waals surface area contributed by atoms with Crippen LogP contribution in [0.15, 0.2) is 12.1 Å². The summed E-state index contributed by atoms with van der Waals surface area (Å²) in [7, 11) is 2.17. The van der Waals surface area contributed by atoms with E-state index in [2.05, 4.69) is 27.5 Å². The molecule has 4 nitrogen and oxygen atoms in total. The molecule has 0 spiro atoms. The SMILES string of the molecule is CN1C2CCCC1CC(Nc1ccc(C(F)(F)F)nn1)C2. The van der Waals surface area contributed by atoms with E-state index >= 15 is 0 Å². The predicted octanol–water partition coefficient (Wildman–Crippen LogP) is 2.92. The molecule has 2 atom stereocenters. The van der Waals surface area contributed by atoms with Crippen LogP contribution in [0, 0.1) is 0 Å². The first-order chi connectivity index (χ1) is 9.93. The Balaban J connectivity index is 1.64. The van der Waals surface area contributed by atoms with E-state index in [1.807, 2.05) is 0 Å². The first kappa shape index (κ1) is 14.6. The number of fused-ring (bicyclic) bond motifs is 2. The number of piperidine rings is 2. The second-order valence-corrected chi connectivity index (χ2v) is 6.02. The molecular formula is C14H19F3N4. The molecule has 7 heteroatoms. The number of nitrogens with zero attached hydrogens (tertiary/aromatic N) is 3. The molecule has 0 aliphatic carbocycles. The van der Waals surface area contributed by atoms with Gasteiger partial charge in [0, 0.05) is 18.1 Å². The molecule has 2 unspecified atom stereocenters. The van der Waals surface area contributed by atoms with Crippen molar-refractivity contribution in [1.29, 1.82) is 0 Å². The van der Waals surface area contributed by atoms with Crippen LogP contribution in [0.25, 0.3) is 0 Å².